The van der Waals surface area contributed by atoms with Gasteiger partial charge >= 0.3 is 0 Å². The predicted octanol–water partition coefficient (Wildman–Crippen LogP) is 3.16. The third-order valence-electron chi connectivity index (χ3n) is 2.58. The minimum atomic E-state index is -0.858. The number of amides is 1. The number of carbonyl (C=O) groups is 1. The molecule has 1 amide bonds. The molecular weight excluding hydrogens is 334 g/mol. The molecule has 0 radical (unpaired) electrons. The van der Waals surface area contributed by atoms with Crippen molar-refractivity contribution in [3.8, 4) is 0 Å². The van der Waals surface area contributed by atoms with E-state index < -0.39 is 6.10 Å². The molecule has 4 nitrogen and oxygen atoms in total. The number of hydrogen-bond donors (Lipinski definition) is 2. The number of carbonyl (C=O) groups excluding carboxylic acids is 1. The maximum atomic E-state index is 11.8. The first-order valence-electron chi connectivity index (χ1n) is 5.53. The second kappa shape index (κ2) is 6.23. The van der Waals surface area contributed by atoms with Crippen LogP contribution in [-0.2, 0) is 0 Å². The van der Waals surface area contributed by atoms with Gasteiger partial charge in [0.25, 0.3) is 5.91 Å². The molecule has 0 saturated carbocycles. The highest BCUT2D eigenvalue weighted by molar-refractivity contribution is 9.10. The number of halogens is 2. The average molecular weight is 345 g/mol. The first-order valence-corrected chi connectivity index (χ1v) is 6.70. The van der Waals surface area contributed by atoms with Gasteiger partial charge in [-0.2, -0.15) is 0 Å². The van der Waals surface area contributed by atoms with E-state index in [0.29, 0.717) is 20.8 Å². The third kappa shape index (κ3) is 3.37. The molecule has 0 bridgehead atoms. The van der Waals surface area contributed by atoms with Gasteiger partial charge in [-0.05, 0) is 28.1 Å². The summed E-state index contributed by atoms with van der Waals surface area (Å²) in [6.07, 6.45) is 0.548. The second-order valence-corrected chi connectivity index (χ2v) is 4.98. The molecule has 0 aliphatic carbocycles. The van der Waals surface area contributed by atoms with Gasteiger partial charge in [-0.15, -0.1) is 0 Å². The van der Waals surface area contributed by atoms with Crippen molar-refractivity contribution < 1.29 is 14.3 Å². The Hall–Kier alpha value is -1.30. The van der Waals surface area contributed by atoms with E-state index in [9.17, 15) is 9.90 Å². The summed E-state index contributed by atoms with van der Waals surface area (Å²) in [5.41, 5.74) is 0.960. The summed E-state index contributed by atoms with van der Waals surface area (Å²) in [6.45, 7) is 0.0696. The molecule has 1 heterocycles. The molecule has 19 heavy (non-hydrogen) atoms. The number of rotatable bonds is 4. The standard InChI is InChI=1S/C13H11BrClNO3/c14-12-9(5-6-19-12)13(18)16-7-11(17)8-3-1-2-4-10(8)15/h1-6,11,17H,7H2,(H,16,18)/t11-/m0/s1. The molecule has 0 aliphatic rings. The molecule has 0 aliphatic heterocycles. The van der Waals surface area contributed by atoms with Crippen LogP contribution < -0.4 is 5.32 Å². The number of furan rings is 1. The largest absolute Gasteiger partial charge is 0.457 e. The number of aliphatic hydroxyl groups excluding tert-OH is 1. The summed E-state index contributed by atoms with van der Waals surface area (Å²) >= 11 is 9.08. The summed E-state index contributed by atoms with van der Waals surface area (Å²) in [4.78, 5) is 11.8. The van der Waals surface area contributed by atoms with Crippen LogP contribution >= 0.6 is 27.5 Å². The maximum Gasteiger partial charge on any atom is 0.255 e. The van der Waals surface area contributed by atoms with Gasteiger partial charge in [-0.1, -0.05) is 29.8 Å². The lowest BCUT2D eigenvalue weighted by molar-refractivity contribution is 0.0914. The SMILES string of the molecule is O=C(NC[C@H](O)c1ccccc1Cl)c1ccoc1Br. The second-order valence-electron chi connectivity index (χ2n) is 3.86. The zero-order valence-corrected chi connectivity index (χ0v) is 12.1. The van der Waals surface area contributed by atoms with Crippen molar-refractivity contribution >= 4 is 33.4 Å². The molecule has 1 atom stereocenters. The minimum Gasteiger partial charge on any atom is -0.457 e. The van der Waals surface area contributed by atoms with E-state index in [-0.39, 0.29) is 12.5 Å². The fourth-order valence-electron chi connectivity index (χ4n) is 1.60. The quantitative estimate of drug-likeness (QED) is 0.895. The highest BCUT2D eigenvalue weighted by Gasteiger charge is 2.16. The van der Waals surface area contributed by atoms with E-state index in [1.165, 1.54) is 6.26 Å². The monoisotopic (exact) mass is 343 g/mol. The Morgan fingerprint density at radius 2 is 2.16 bits per heavy atom. The summed E-state index contributed by atoms with van der Waals surface area (Å²) in [6, 6.07) is 8.50. The van der Waals surface area contributed by atoms with Crippen LogP contribution in [0.15, 0.2) is 45.7 Å². The Kier molecular flexibility index (Phi) is 4.63. The molecule has 2 N–H and O–H groups in total. The van der Waals surface area contributed by atoms with Crippen molar-refractivity contribution in [3.63, 3.8) is 0 Å². The van der Waals surface area contributed by atoms with Crippen molar-refractivity contribution in [2.24, 2.45) is 0 Å². The molecule has 0 unspecified atom stereocenters. The number of benzene rings is 1. The van der Waals surface area contributed by atoms with Crippen molar-refractivity contribution in [1.82, 2.24) is 5.32 Å². The van der Waals surface area contributed by atoms with Gasteiger partial charge in [0.05, 0.1) is 17.9 Å². The van der Waals surface area contributed by atoms with Gasteiger partial charge < -0.3 is 14.8 Å². The Morgan fingerprint density at radius 1 is 1.42 bits per heavy atom. The molecule has 0 fully saturated rings. The third-order valence-corrected chi connectivity index (χ3v) is 3.54. The Bertz CT molecular complexity index is 585. The summed E-state index contributed by atoms with van der Waals surface area (Å²) in [7, 11) is 0. The van der Waals surface area contributed by atoms with Crippen LogP contribution in [0, 0.1) is 0 Å². The van der Waals surface area contributed by atoms with Crippen molar-refractivity contribution in [3.05, 3.63) is 57.4 Å². The molecular formula is C13H11BrClNO3. The first-order chi connectivity index (χ1) is 9.09. The van der Waals surface area contributed by atoms with Crippen LogP contribution in [0.3, 0.4) is 0 Å². The van der Waals surface area contributed by atoms with E-state index in [1.54, 1.807) is 30.3 Å². The van der Waals surface area contributed by atoms with E-state index in [1.807, 2.05) is 0 Å². The van der Waals surface area contributed by atoms with E-state index in [4.69, 9.17) is 16.0 Å². The van der Waals surface area contributed by atoms with Crippen molar-refractivity contribution in [2.75, 3.05) is 6.54 Å². The minimum absolute atomic E-state index is 0.0696. The van der Waals surface area contributed by atoms with Crippen LogP contribution in [0.25, 0.3) is 0 Å². The number of aliphatic hydroxyl groups is 1. The maximum absolute atomic E-state index is 11.8. The van der Waals surface area contributed by atoms with Gasteiger partial charge in [0.2, 0.25) is 0 Å². The van der Waals surface area contributed by atoms with Crippen molar-refractivity contribution in [2.45, 2.75) is 6.10 Å². The predicted molar refractivity (Wildman–Crippen MR) is 75.2 cm³/mol. The molecule has 2 aromatic rings. The summed E-state index contributed by atoms with van der Waals surface area (Å²) < 4.78 is 5.33. The molecule has 2 rings (SSSR count). The van der Waals surface area contributed by atoms with Crippen LogP contribution in [0.2, 0.25) is 5.02 Å². The average Bonchev–Trinajstić information content (AvgIpc) is 2.82. The molecule has 100 valence electrons. The lowest BCUT2D eigenvalue weighted by atomic mass is 10.1. The normalized spacial score (nSPS) is 12.2. The smallest absolute Gasteiger partial charge is 0.255 e. The van der Waals surface area contributed by atoms with Crippen LogP contribution in [0.5, 0.6) is 0 Å². The van der Waals surface area contributed by atoms with Crippen LogP contribution in [0.1, 0.15) is 22.0 Å². The van der Waals surface area contributed by atoms with Gasteiger partial charge in [-0.3, -0.25) is 4.79 Å². The Morgan fingerprint density at radius 3 is 2.79 bits per heavy atom. The fraction of sp³-hybridized carbons (Fsp3) is 0.154. The van der Waals surface area contributed by atoms with Gasteiger partial charge in [-0.25, -0.2) is 0 Å². The highest BCUT2D eigenvalue weighted by Crippen LogP contribution is 2.22. The van der Waals surface area contributed by atoms with Gasteiger partial charge in [0.1, 0.15) is 0 Å². The Balaban J connectivity index is 1.98. The van der Waals surface area contributed by atoms with Gasteiger partial charge in [0.15, 0.2) is 4.67 Å². The molecule has 6 heteroatoms. The zero-order valence-electron chi connectivity index (χ0n) is 9.77. The number of nitrogens with one attached hydrogen (secondary N) is 1. The van der Waals surface area contributed by atoms with E-state index in [0.717, 1.165) is 0 Å². The summed E-state index contributed by atoms with van der Waals surface area (Å²) in [5, 5.41) is 13.1. The fourth-order valence-corrected chi connectivity index (χ4v) is 2.28. The number of hydrogen-bond acceptors (Lipinski definition) is 3. The molecule has 1 aromatic carbocycles. The topological polar surface area (TPSA) is 62.5 Å². The molecule has 0 spiro atoms. The van der Waals surface area contributed by atoms with Crippen molar-refractivity contribution in [1.29, 1.82) is 0 Å². The summed E-state index contributed by atoms with van der Waals surface area (Å²) in [5.74, 6) is -0.327. The Labute approximate surface area is 123 Å². The van der Waals surface area contributed by atoms with Crippen LogP contribution in [-0.4, -0.2) is 17.6 Å². The zero-order chi connectivity index (χ0) is 13.8. The van der Waals surface area contributed by atoms with E-state index >= 15 is 0 Å². The van der Waals surface area contributed by atoms with Crippen LogP contribution in [0.4, 0.5) is 0 Å². The lowest BCUT2D eigenvalue weighted by Crippen LogP contribution is -2.28. The lowest BCUT2D eigenvalue weighted by Gasteiger charge is -2.13. The highest BCUT2D eigenvalue weighted by atomic mass is 79.9. The first kappa shape index (κ1) is 14.1. The molecule has 1 aromatic heterocycles. The van der Waals surface area contributed by atoms with Gasteiger partial charge in [0, 0.05) is 17.1 Å². The molecule has 0 saturated heterocycles. The van der Waals surface area contributed by atoms with E-state index in [2.05, 4.69) is 21.2 Å².